The zero-order valence-corrected chi connectivity index (χ0v) is 8.27. The van der Waals surface area contributed by atoms with E-state index in [1.165, 1.54) is 24.1 Å². The van der Waals surface area contributed by atoms with Crippen molar-refractivity contribution in [2.75, 3.05) is 7.05 Å². The normalized spacial score (nSPS) is 25.1. The molecular formula is C10H13ClFN. The maximum atomic E-state index is 12.5. The summed E-state index contributed by atoms with van der Waals surface area (Å²) in [5.74, 6) is 0.455. The minimum Gasteiger partial charge on any atom is -0.316 e. The van der Waals surface area contributed by atoms with Crippen LogP contribution in [-0.4, -0.2) is 13.1 Å². The van der Waals surface area contributed by atoms with E-state index in [0.717, 1.165) is 0 Å². The number of hydrogen-bond donors (Lipinski definition) is 1. The number of hydrogen-bond acceptors (Lipinski definition) is 1. The molecule has 0 unspecified atom stereocenters. The molecular weight excluding hydrogens is 189 g/mol. The molecule has 0 bridgehead atoms. The summed E-state index contributed by atoms with van der Waals surface area (Å²) in [5.41, 5.74) is 1.25. The van der Waals surface area contributed by atoms with Gasteiger partial charge in [-0.05, 0) is 31.2 Å². The van der Waals surface area contributed by atoms with Crippen LogP contribution in [0.25, 0.3) is 0 Å². The van der Waals surface area contributed by atoms with Crippen LogP contribution in [0.4, 0.5) is 4.39 Å². The summed E-state index contributed by atoms with van der Waals surface area (Å²) >= 11 is 0. The quantitative estimate of drug-likeness (QED) is 0.775. The largest absolute Gasteiger partial charge is 0.316 e. The summed E-state index contributed by atoms with van der Waals surface area (Å²) in [4.78, 5) is 0. The lowest BCUT2D eigenvalue weighted by Crippen LogP contribution is -2.10. The van der Waals surface area contributed by atoms with E-state index in [9.17, 15) is 4.39 Å². The Kier molecular flexibility index (Phi) is 3.28. The molecule has 1 fully saturated rings. The van der Waals surface area contributed by atoms with Gasteiger partial charge in [0, 0.05) is 12.0 Å². The average Bonchev–Trinajstić information content (AvgIpc) is 2.85. The van der Waals surface area contributed by atoms with Crippen molar-refractivity contribution in [3.05, 3.63) is 35.6 Å². The molecule has 3 heteroatoms. The van der Waals surface area contributed by atoms with Crippen LogP contribution >= 0.6 is 12.4 Å². The number of halogens is 2. The molecule has 72 valence electrons. The van der Waals surface area contributed by atoms with Crippen LogP contribution < -0.4 is 5.32 Å². The smallest absolute Gasteiger partial charge is 0.123 e. The van der Waals surface area contributed by atoms with E-state index in [1.54, 1.807) is 0 Å². The molecule has 0 aliphatic heterocycles. The third-order valence-electron chi connectivity index (χ3n) is 2.46. The Morgan fingerprint density at radius 3 is 2.38 bits per heavy atom. The highest BCUT2D eigenvalue weighted by Gasteiger charge is 2.36. The molecule has 2 atom stereocenters. The molecule has 0 aromatic heterocycles. The number of likely N-dealkylation sites (N-methyl/N-ethyl adjacent to an activating group) is 1. The van der Waals surface area contributed by atoms with Gasteiger partial charge in [0.2, 0.25) is 0 Å². The van der Waals surface area contributed by atoms with Gasteiger partial charge in [0.15, 0.2) is 0 Å². The van der Waals surface area contributed by atoms with Gasteiger partial charge in [-0.3, -0.25) is 0 Å². The Labute approximate surface area is 83.8 Å². The molecule has 0 amide bonds. The van der Waals surface area contributed by atoms with Crippen molar-refractivity contribution < 1.29 is 4.39 Å². The Bertz CT molecular complexity index is 273. The van der Waals surface area contributed by atoms with Crippen molar-refractivity contribution in [1.82, 2.24) is 5.32 Å². The first kappa shape index (κ1) is 10.5. The molecule has 2 rings (SSSR count). The molecule has 0 radical (unpaired) electrons. The Morgan fingerprint density at radius 2 is 1.92 bits per heavy atom. The molecule has 1 aromatic rings. The van der Waals surface area contributed by atoms with Crippen LogP contribution in [0, 0.1) is 5.82 Å². The minimum atomic E-state index is -0.152. The van der Waals surface area contributed by atoms with E-state index < -0.39 is 0 Å². The van der Waals surface area contributed by atoms with Gasteiger partial charge in [-0.1, -0.05) is 12.1 Å². The van der Waals surface area contributed by atoms with Crippen molar-refractivity contribution in [3.63, 3.8) is 0 Å². The monoisotopic (exact) mass is 201 g/mol. The van der Waals surface area contributed by atoms with E-state index >= 15 is 0 Å². The molecule has 1 aliphatic carbocycles. The van der Waals surface area contributed by atoms with Crippen molar-refractivity contribution >= 4 is 12.4 Å². The summed E-state index contributed by atoms with van der Waals surface area (Å²) in [5, 5.41) is 3.21. The molecule has 1 saturated carbocycles. The minimum absolute atomic E-state index is 0. The van der Waals surface area contributed by atoms with Gasteiger partial charge >= 0.3 is 0 Å². The maximum Gasteiger partial charge on any atom is 0.123 e. The van der Waals surface area contributed by atoms with Gasteiger partial charge in [0.05, 0.1) is 0 Å². The van der Waals surface area contributed by atoms with E-state index in [4.69, 9.17) is 0 Å². The fourth-order valence-corrected chi connectivity index (χ4v) is 1.59. The lowest BCUT2D eigenvalue weighted by Gasteiger charge is -1.98. The van der Waals surface area contributed by atoms with Gasteiger partial charge in [0.1, 0.15) is 5.82 Å². The van der Waals surface area contributed by atoms with Crippen molar-refractivity contribution in [1.29, 1.82) is 0 Å². The maximum absolute atomic E-state index is 12.5. The summed E-state index contributed by atoms with van der Waals surface area (Å²) in [6.45, 7) is 0. The second kappa shape index (κ2) is 4.07. The number of benzene rings is 1. The zero-order chi connectivity index (χ0) is 8.55. The first-order valence-corrected chi connectivity index (χ1v) is 4.24. The SMILES string of the molecule is CN[C@@H]1C[C@H]1c1ccc(F)cc1.Cl. The van der Waals surface area contributed by atoms with Crippen LogP contribution in [0.3, 0.4) is 0 Å². The fraction of sp³-hybridized carbons (Fsp3) is 0.400. The van der Waals surface area contributed by atoms with Crippen LogP contribution in [-0.2, 0) is 0 Å². The van der Waals surface area contributed by atoms with Crippen LogP contribution in [0.5, 0.6) is 0 Å². The molecule has 13 heavy (non-hydrogen) atoms. The first-order valence-electron chi connectivity index (χ1n) is 4.24. The Hall–Kier alpha value is -0.600. The van der Waals surface area contributed by atoms with Gasteiger partial charge in [0.25, 0.3) is 0 Å². The highest BCUT2D eigenvalue weighted by atomic mass is 35.5. The van der Waals surface area contributed by atoms with Crippen LogP contribution in [0.15, 0.2) is 24.3 Å². The molecule has 0 spiro atoms. The molecule has 0 heterocycles. The summed E-state index contributed by atoms with van der Waals surface area (Å²) in [6, 6.07) is 7.41. The van der Waals surface area contributed by atoms with Crippen molar-refractivity contribution in [2.24, 2.45) is 0 Å². The number of nitrogens with one attached hydrogen (secondary N) is 1. The Balaban J connectivity index is 0.000000845. The third kappa shape index (κ3) is 2.20. The lowest BCUT2D eigenvalue weighted by atomic mass is 10.1. The van der Waals surface area contributed by atoms with Gasteiger partial charge in [-0.15, -0.1) is 12.4 Å². The standard InChI is InChI=1S/C10H12FN.ClH/c1-12-10-6-9(10)7-2-4-8(11)5-3-7;/h2-5,9-10,12H,6H2,1H3;1H/t9-,10+;/m0./s1. The average molecular weight is 202 g/mol. The molecule has 1 nitrogen and oxygen atoms in total. The predicted molar refractivity (Wildman–Crippen MR) is 53.9 cm³/mol. The predicted octanol–water partition coefficient (Wildman–Crippen LogP) is 2.32. The molecule has 0 saturated heterocycles. The van der Waals surface area contributed by atoms with E-state index in [2.05, 4.69) is 5.32 Å². The molecule has 1 N–H and O–H groups in total. The third-order valence-corrected chi connectivity index (χ3v) is 2.46. The molecule has 1 aromatic carbocycles. The topological polar surface area (TPSA) is 12.0 Å². The summed E-state index contributed by atoms with van der Waals surface area (Å²) in [7, 11) is 1.97. The van der Waals surface area contributed by atoms with Gasteiger partial charge in [-0.2, -0.15) is 0 Å². The zero-order valence-electron chi connectivity index (χ0n) is 7.46. The Morgan fingerprint density at radius 1 is 1.31 bits per heavy atom. The lowest BCUT2D eigenvalue weighted by molar-refractivity contribution is 0.627. The van der Waals surface area contributed by atoms with Gasteiger partial charge < -0.3 is 5.32 Å². The number of rotatable bonds is 2. The highest BCUT2D eigenvalue weighted by Crippen LogP contribution is 2.40. The van der Waals surface area contributed by atoms with Crippen LogP contribution in [0.2, 0.25) is 0 Å². The second-order valence-electron chi connectivity index (χ2n) is 3.29. The first-order chi connectivity index (χ1) is 5.81. The summed E-state index contributed by atoms with van der Waals surface area (Å²) < 4.78 is 12.5. The molecule has 1 aliphatic rings. The summed E-state index contributed by atoms with van der Waals surface area (Å²) in [6.07, 6.45) is 1.18. The fourth-order valence-electron chi connectivity index (χ4n) is 1.59. The van der Waals surface area contributed by atoms with Crippen molar-refractivity contribution in [3.8, 4) is 0 Å². The van der Waals surface area contributed by atoms with E-state index in [1.807, 2.05) is 19.2 Å². The second-order valence-corrected chi connectivity index (χ2v) is 3.29. The highest BCUT2D eigenvalue weighted by molar-refractivity contribution is 5.85. The van der Waals surface area contributed by atoms with E-state index in [-0.39, 0.29) is 18.2 Å². The van der Waals surface area contributed by atoms with Gasteiger partial charge in [-0.25, -0.2) is 4.39 Å². The van der Waals surface area contributed by atoms with E-state index in [0.29, 0.717) is 12.0 Å². The van der Waals surface area contributed by atoms with Crippen LogP contribution in [0.1, 0.15) is 17.9 Å². The van der Waals surface area contributed by atoms with Crippen molar-refractivity contribution in [2.45, 2.75) is 18.4 Å².